The third-order valence-electron chi connectivity index (χ3n) is 2.44. The predicted molar refractivity (Wildman–Crippen MR) is 69.9 cm³/mol. The van der Waals surface area contributed by atoms with Gasteiger partial charge in [0.15, 0.2) is 0 Å². The van der Waals surface area contributed by atoms with Crippen LogP contribution in [0.2, 0.25) is 0 Å². The van der Waals surface area contributed by atoms with Crippen LogP contribution in [-0.2, 0) is 5.88 Å². The van der Waals surface area contributed by atoms with Gasteiger partial charge in [-0.15, -0.1) is 16.9 Å². The van der Waals surface area contributed by atoms with Gasteiger partial charge in [-0.1, -0.05) is 24.3 Å². The van der Waals surface area contributed by atoms with Gasteiger partial charge in [-0.25, -0.2) is 4.68 Å². The van der Waals surface area contributed by atoms with E-state index in [0.717, 1.165) is 0 Å². The molecule has 0 radical (unpaired) electrons. The van der Waals surface area contributed by atoms with E-state index in [1.807, 2.05) is 19.1 Å². The van der Waals surface area contributed by atoms with Gasteiger partial charge in [0.2, 0.25) is 0 Å². The summed E-state index contributed by atoms with van der Waals surface area (Å²) in [6, 6.07) is 7.21. The summed E-state index contributed by atoms with van der Waals surface area (Å²) in [5.41, 5.74) is 6.05. The molecule has 0 bridgehead atoms. The SMILES string of the molecule is CC(CN)SCn1nnc2ccccc2c1=O. The summed E-state index contributed by atoms with van der Waals surface area (Å²) in [4.78, 5) is 12.0. The van der Waals surface area contributed by atoms with E-state index in [0.29, 0.717) is 28.6 Å². The molecule has 0 saturated carbocycles. The zero-order valence-corrected chi connectivity index (χ0v) is 10.4. The van der Waals surface area contributed by atoms with Gasteiger partial charge in [0.25, 0.3) is 5.56 Å². The van der Waals surface area contributed by atoms with Crippen molar-refractivity contribution in [2.75, 3.05) is 6.54 Å². The number of nitrogens with zero attached hydrogens (tertiary/aromatic N) is 3. The van der Waals surface area contributed by atoms with Crippen molar-refractivity contribution < 1.29 is 0 Å². The second kappa shape index (κ2) is 5.29. The number of benzene rings is 1. The summed E-state index contributed by atoms with van der Waals surface area (Å²) in [5.74, 6) is 0.481. The Morgan fingerprint density at radius 1 is 1.47 bits per heavy atom. The summed E-state index contributed by atoms with van der Waals surface area (Å²) < 4.78 is 1.37. The lowest BCUT2D eigenvalue weighted by Gasteiger charge is -2.08. The van der Waals surface area contributed by atoms with E-state index < -0.39 is 0 Å². The minimum Gasteiger partial charge on any atom is -0.329 e. The Balaban J connectivity index is 2.30. The molecule has 0 aliphatic rings. The molecular weight excluding hydrogens is 236 g/mol. The lowest BCUT2D eigenvalue weighted by molar-refractivity contribution is 0.643. The predicted octanol–water partition coefficient (Wildman–Crippen LogP) is 0.829. The van der Waals surface area contributed by atoms with E-state index in [1.54, 1.807) is 23.9 Å². The maximum Gasteiger partial charge on any atom is 0.278 e. The van der Waals surface area contributed by atoms with E-state index in [2.05, 4.69) is 10.3 Å². The van der Waals surface area contributed by atoms with Crippen LogP contribution in [0.4, 0.5) is 0 Å². The molecule has 0 aliphatic heterocycles. The number of fused-ring (bicyclic) bond motifs is 1. The second-order valence-electron chi connectivity index (χ2n) is 3.75. The Bertz CT molecular complexity index is 569. The number of hydrogen-bond acceptors (Lipinski definition) is 5. The van der Waals surface area contributed by atoms with Crippen molar-refractivity contribution in [3.8, 4) is 0 Å². The molecule has 1 unspecified atom stereocenters. The number of hydrogen-bond donors (Lipinski definition) is 1. The van der Waals surface area contributed by atoms with Gasteiger partial charge < -0.3 is 5.73 Å². The molecule has 1 atom stereocenters. The van der Waals surface area contributed by atoms with Crippen molar-refractivity contribution in [2.24, 2.45) is 5.73 Å². The molecule has 6 heteroatoms. The first-order valence-corrected chi connectivity index (χ1v) is 6.41. The van der Waals surface area contributed by atoms with Crippen molar-refractivity contribution in [1.82, 2.24) is 15.0 Å². The van der Waals surface area contributed by atoms with Crippen LogP contribution >= 0.6 is 11.8 Å². The van der Waals surface area contributed by atoms with Gasteiger partial charge in [0.1, 0.15) is 5.52 Å². The molecular formula is C11H14N4OS. The summed E-state index contributed by atoms with van der Waals surface area (Å²) in [5, 5.41) is 8.82. The first kappa shape index (κ1) is 12.1. The van der Waals surface area contributed by atoms with Gasteiger partial charge in [-0.05, 0) is 12.1 Å². The van der Waals surface area contributed by atoms with Gasteiger partial charge in [0, 0.05) is 11.8 Å². The van der Waals surface area contributed by atoms with Crippen molar-refractivity contribution >= 4 is 22.7 Å². The van der Waals surface area contributed by atoms with Crippen molar-refractivity contribution in [3.05, 3.63) is 34.6 Å². The number of nitrogens with two attached hydrogens (primary N) is 1. The Morgan fingerprint density at radius 2 is 2.24 bits per heavy atom. The largest absolute Gasteiger partial charge is 0.329 e. The lowest BCUT2D eigenvalue weighted by Crippen LogP contribution is -2.24. The first-order valence-electron chi connectivity index (χ1n) is 5.36. The third-order valence-corrected chi connectivity index (χ3v) is 3.60. The first-order chi connectivity index (χ1) is 8.22. The molecule has 90 valence electrons. The fraction of sp³-hybridized carbons (Fsp3) is 0.364. The normalized spacial score (nSPS) is 12.8. The van der Waals surface area contributed by atoms with Crippen LogP contribution in [0, 0.1) is 0 Å². The van der Waals surface area contributed by atoms with Crippen LogP contribution in [0.5, 0.6) is 0 Å². The molecule has 0 saturated heterocycles. The lowest BCUT2D eigenvalue weighted by atomic mass is 10.2. The smallest absolute Gasteiger partial charge is 0.278 e. The summed E-state index contributed by atoms with van der Waals surface area (Å²) >= 11 is 1.59. The van der Waals surface area contributed by atoms with E-state index in [-0.39, 0.29) is 5.56 Å². The average molecular weight is 250 g/mol. The third kappa shape index (κ3) is 2.65. The summed E-state index contributed by atoms with van der Waals surface area (Å²) in [6.45, 7) is 2.60. The van der Waals surface area contributed by atoms with Crippen LogP contribution in [-0.4, -0.2) is 26.8 Å². The molecule has 1 aromatic heterocycles. The highest BCUT2D eigenvalue weighted by atomic mass is 32.2. The highest BCUT2D eigenvalue weighted by Gasteiger charge is 2.06. The van der Waals surface area contributed by atoms with Crippen molar-refractivity contribution in [1.29, 1.82) is 0 Å². The molecule has 1 heterocycles. The number of aromatic nitrogens is 3. The molecule has 0 fully saturated rings. The number of rotatable bonds is 4. The van der Waals surface area contributed by atoms with E-state index in [9.17, 15) is 4.79 Å². The quantitative estimate of drug-likeness (QED) is 0.870. The van der Waals surface area contributed by atoms with Crippen LogP contribution in [0.15, 0.2) is 29.1 Å². The monoisotopic (exact) mass is 250 g/mol. The second-order valence-corrected chi connectivity index (χ2v) is 5.15. The maximum atomic E-state index is 12.0. The molecule has 0 aliphatic carbocycles. The molecule has 2 rings (SSSR count). The zero-order chi connectivity index (χ0) is 12.3. The fourth-order valence-corrected chi connectivity index (χ4v) is 2.07. The average Bonchev–Trinajstić information content (AvgIpc) is 2.38. The minimum absolute atomic E-state index is 0.104. The van der Waals surface area contributed by atoms with Crippen LogP contribution in [0.1, 0.15) is 6.92 Å². The summed E-state index contributed by atoms with van der Waals surface area (Å²) in [6.07, 6.45) is 0. The Kier molecular flexibility index (Phi) is 3.75. The van der Waals surface area contributed by atoms with E-state index in [1.165, 1.54) is 4.68 Å². The van der Waals surface area contributed by atoms with E-state index in [4.69, 9.17) is 5.73 Å². The molecule has 0 spiro atoms. The molecule has 1 aromatic carbocycles. The maximum absolute atomic E-state index is 12.0. The fourth-order valence-electron chi connectivity index (χ4n) is 1.37. The number of thioether (sulfide) groups is 1. The highest BCUT2D eigenvalue weighted by molar-refractivity contribution is 7.98. The Labute approximate surface area is 103 Å². The molecule has 17 heavy (non-hydrogen) atoms. The zero-order valence-electron chi connectivity index (χ0n) is 9.54. The minimum atomic E-state index is -0.104. The Morgan fingerprint density at radius 3 is 3.00 bits per heavy atom. The highest BCUT2D eigenvalue weighted by Crippen LogP contribution is 2.10. The van der Waals surface area contributed by atoms with E-state index >= 15 is 0 Å². The molecule has 5 nitrogen and oxygen atoms in total. The van der Waals surface area contributed by atoms with Crippen molar-refractivity contribution in [3.63, 3.8) is 0 Å². The molecule has 2 N–H and O–H groups in total. The molecule has 2 aromatic rings. The molecule has 0 amide bonds. The van der Waals surface area contributed by atoms with Crippen LogP contribution in [0.25, 0.3) is 10.9 Å². The summed E-state index contributed by atoms with van der Waals surface area (Å²) in [7, 11) is 0. The van der Waals surface area contributed by atoms with Gasteiger partial charge in [-0.2, -0.15) is 0 Å². The standard InChI is InChI=1S/C11H14N4OS/c1-8(6-12)17-7-15-11(16)9-4-2-3-5-10(9)13-14-15/h2-5,8H,6-7,12H2,1H3. The van der Waals surface area contributed by atoms with Crippen molar-refractivity contribution in [2.45, 2.75) is 18.1 Å². The van der Waals surface area contributed by atoms with Gasteiger partial charge >= 0.3 is 0 Å². The van der Waals surface area contributed by atoms with Crippen LogP contribution in [0.3, 0.4) is 0 Å². The van der Waals surface area contributed by atoms with Crippen LogP contribution < -0.4 is 11.3 Å². The topological polar surface area (TPSA) is 73.8 Å². The Hall–Kier alpha value is -1.40. The van der Waals surface area contributed by atoms with Gasteiger partial charge in [-0.3, -0.25) is 4.79 Å². The van der Waals surface area contributed by atoms with Gasteiger partial charge in [0.05, 0.1) is 11.3 Å².